The Morgan fingerprint density at radius 2 is 1.94 bits per heavy atom. The van der Waals surface area contributed by atoms with Crippen molar-refractivity contribution in [2.24, 2.45) is 5.73 Å². The fraction of sp³-hybridized carbons (Fsp3) is 0.700. The van der Waals surface area contributed by atoms with Crippen LogP contribution in [0.25, 0.3) is 0 Å². The zero-order chi connectivity index (χ0) is 13.3. The molecule has 0 aliphatic rings. The van der Waals surface area contributed by atoms with Crippen LogP contribution in [-0.2, 0) is 14.4 Å². The molecule has 0 spiro atoms. The Balaban J connectivity index is 4.18. The molecule has 7 nitrogen and oxygen atoms in total. The maximum absolute atomic E-state index is 11.4. The van der Waals surface area contributed by atoms with Gasteiger partial charge >= 0.3 is 0 Å². The highest BCUT2D eigenvalue weighted by molar-refractivity contribution is 5.91. The van der Waals surface area contributed by atoms with Crippen LogP contribution < -0.4 is 16.5 Å². The second-order valence-electron chi connectivity index (χ2n) is 3.72. The minimum Gasteiger partial charge on any atom is -0.370 e. The normalized spacial score (nSPS) is 11.6. The molecule has 0 heterocycles. The van der Waals surface area contributed by atoms with Crippen LogP contribution in [0.5, 0.6) is 0 Å². The Kier molecular flexibility index (Phi) is 7.70. The quantitative estimate of drug-likeness (QED) is 0.260. The third-order valence-electron chi connectivity index (χ3n) is 2.17. The van der Waals surface area contributed by atoms with E-state index in [9.17, 15) is 14.4 Å². The van der Waals surface area contributed by atoms with Crippen LogP contribution in [-0.4, -0.2) is 29.0 Å². The summed E-state index contributed by atoms with van der Waals surface area (Å²) in [7, 11) is 0. The van der Waals surface area contributed by atoms with Gasteiger partial charge in [-0.15, -0.1) is 0 Å². The third kappa shape index (κ3) is 7.29. The number of primary amides is 1. The molecule has 98 valence electrons. The summed E-state index contributed by atoms with van der Waals surface area (Å²) >= 11 is 0. The fourth-order valence-corrected chi connectivity index (χ4v) is 1.29. The first-order chi connectivity index (χ1) is 8.01. The van der Waals surface area contributed by atoms with Crippen molar-refractivity contribution in [3.63, 3.8) is 0 Å². The Labute approximate surface area is 99.7 Å². The van der Waals surface area contributed by atoms with Crippen LogP contribution in [0.2, 0.25) is 0 Å². The largest absolute Gasteiger partial charge is 0.370 e. The van der Waals surface area contributed by atoms with Gasteiger partial charge in [-0.3, -0.25) is 19.6 Å². The van der Waals surface area contributed by atoms with Crippen molar-refractivity contribution < 1.29 is 19.6 Å². The number of rotatable bonds is 8. The highest BCUT2D eigenvalue weighted by atomic mass is 16.5. The van der Waals surface area contributed by atoms with Gasteiger partial charge in [-0.05, 0) is 6.42 Å². The molecular weight excluding hydrogens is 226 g/mol. The zero-order valence-corrected chi connectivity index (χ0v) is 9.86. The van der Waals surface area contributed by atoms with Gasteiger partial charge in [0.2, 0.25) is 11.8 Å². The standard InChI is InChI=1S/C10H19N3O4/c1-2-3-4-5-9(15)12-7(6-8(11)14)10(16)13-17/h7,17H,2-6H2,1H3,(H2,11,14)(H,12,15)(H,13,16)/t7-/m0/s1. The first-order valence-corrected chi connectivity index (χ1v) is 5.52. The predicted octanol–water partition coefficient (Wildman–Crippen LogP) is -0.568. The molecule has 0 rings (SSSR count). The van der Waals surface area contributed by atoms with Crippen LogP contribution in [0.15, 0.2) is 0 Å². The molecule has 0 aromatic heterocycles. The molecule has 0 unspecified atom stereocenters. The Morgan fingerprint density at radius 1 is 1.29 bits per heavy atom. The summed E-state index contributed by atoms with van der Waals surface area (Å²) in [6, 6.07) is -1.12. The van der Waals surface area contributed by atoms with Gasteiger partial charge in [0, 0.05) is 6.42 Å². The van der Waals surface area contributed by atoms with Crippen LogP contribution in [0, 0.1) is 0 Å². The number of nitrogens with two attached hydrogens (primary N) is 1. The molecule has 0 fully saturated rings. The second-order valence-corrected chi connectivity index (χ2v) is 3.72. The van der Waals surface area contributed by atoms with Crippen LogP contribution in [0.4, 0.5) is 0 Å². The van der Waals surface area contributed by atoms with Crippen molar-refractivity contribution in [2.45, 2.75) is 45.1 Å². The lowest BCUT2D eigenvalue weighted by molar-refractivity contribution is -0.136. The monoisotopic (exact) mass is 245 g/mol. The number of nitrogens with one attached hydrogen (secondary N) is 2. The summed E-state index contributed by atoms with van der Waals surface area (Å²) in [6.45, 7) is 2.01. The van der Waals surface area contributed by atoms with E-state index in [0.717, 1.165) is 12.8 Å². The number of carbonyl (C=O) groups excluding carboxylic acids is 3. The van der Waals surface area contributed by atoms with E-state index < -0.39 is 17.9 Å². The topological polar surface area (TPSA) is 122 Å². The molecule has 0 aliphatic carbocycles. The SMILES string of the molecule is CCCCCC(=O)N[C@@H](CC(N)=O)C(=O)NO. The summed E-state index contributed by atoms with van der Waals surface area (Å²) in [5.41, 5.74) is 6.31. The molecule has 7 heteroatoms. The smallest absolute Gasteiger partial charge is 0.266 e. The molecule has 0 saturated carbocycles. The summed E-state index contributed by atoms with van der Waals surface area (Å²) in [4.78, 5) is 33.2. The summed E-state index contributed by atoms with van der Waals surface area (Å²) < 4.78 is 0. The van der Waals surface area contributed by atoms with Crippen molar-refractivity contribution in [2.75, 3.05) is 0 Å². The first kappa shape index (κ1) is 15.4. The van der Waals surface area contributed by atoms with Gasteiger partial charge in [0.05, 0.1) is 6.42 Å². The van der Waals surface area contributed by atoms with Gasteiger partial charge in [0.1, 0.15) is 6.04 Å². The zero-order valence-electron chi connectivity index (χ0n) is 9.86. The van der Waals surface area contributed by atoms with Gasteiger partial charge in [0.15, 0.2) is 0 Å². The van der Waals surface area contributed by atoms with E-state index in [1.165, 1.54) is 5.48 Å². The molecule has 17 heavy (non-hydrogen) atoms. The average molecular weight is 245 g/mol. The molecule has 0 bridgehead atoms. The van der Waals surface area contributed by atoms with Gasteiger partial charge in [-0.25, -0.2) is 5.48 Å². The van der Waals surface area contributed by atoms with Crippen molar-refractivity contribution in [3.05, 3.63) is 0 Å². The van der Waals surface area contributed by atoms with Gasteiger partial charge < -0.3 is 11.1 Å². The molecule has 5 N–H and O–H groups in total. The minimum absolute atomic E-state index is 0.280. The highest BCUT2D eigenvalue weighted by Crippen LogP contribution is 2.00. The Bertz CT molecular complexity index is 281. The lowest BCUT2D eigenvalue weighted by atomic mass is 10.1. The van der Waals surface area contributed by atoms with E-state index in [2.05, 4.69) is 5.32 Å². The van der Waals surface area contributed by atoms with Crippen molar-refractivity contribution in [1.82, 2.24) is 10.8 Å². The number of hydrogen-bond donors (Lipinski definition) is 4. The Hall–Kier alpha value is -1.63. The lowest BCUT2D eigenvalue weighted by Gasteiger charge is -2.14. The first-order valence-electron chi connectivity index (χ1n) is 5.52. The number of hydrogen-bond acceptors (Lipinski definition) is 4. The van der Waals surface area contributed by atoms with Crippen LogP contribution >= 0.6 is 0 Å². The van der Waals surface area contributed by atoms with Crippen molar-refractivity contribution >= 4 is 17.7 Å². The van der Waals surface area contributed by atoms with Gasteiger partial charge in [0.25, 0.3) is 5.91 Å². The van der Waals surface area contributed by atoms with E-state index in [-0.39, 0.29) is 18.7 Å². The minimum atomic E-state index is -1.12. The van der Waals surface area contributed by atoms with E-state index in [1.807, 2.05) is 6.92 Å². The average Bonchev–Trinajstić information content (AvgIpc) is 2.27. The molecule has 0 aromatic carbocycles. The number of amides is 3. The maximum Gasteiger partial charge on any atom is 0.266 e. The molecule has 0 aliphatic heterocycles. The number of carbonyl (C=O) groups is 3. The molecule has 3 amide bonds. The Morgan fingerprint density at radius 3 is 2.41 bits per heavy atom. The summed E-state index contributed by atoms with van der Waals surface area (Å²) in [5, 5.41) is 10.8. The maximum atomic E-state index is 11.4. The molecule has 0 saturated heterocycles. The van der Waals surface area contributed by atoms with E-state index in [4.69, 9.17) is 10.9 Å². The molecule has 0 aromatic rings. The van der Waals surface area contributed by atoms with Crippen molar-refractivity contribution in [3.8, 4) is 0 Å². The summed E-state index contributed by atoms with van der Waals surface area (Å²) in [6.07, 6.45) is 2.55. The van der Waals surface area contributed by atoms with Crippen LogP contribution in [0.1, 0.15) is 39.0 Å². The summed E-state index contributed by atoms with van der Waals surface area (Å²) in [5.74, 6) is -1.92. The number of unbranched alkanes of at least 4 members (excludes halogenated alkanes) is 2. The van der Waals surface area contributed by atoms with E-state index >= 15 is 0 Å². The molecule has 1 atom stereocenters. The van der Waals surface area contributed by atoms with Gasteiger partial charge in [-0.1, -0.05) is 19.8 Å². The molecular formula is C10H19N3O4. The fourth-order valence-electron chi connectivity index (χ4n) is 1.29. The van der Waals surface area contributed by atoms with Gasteiger partial charge in [-0.2, -0.15) is 0 Å². The second kappa shape index (κ2) is 8.51. The molecule has 0 radical (unpaired) electrons. The number of hydroxylamine groups is 1. The highest BCUT2D eigenvalue weighted by Gasteiger charge is 2.22. The van der Waals surface area contributed by atoms with Crippen LogP contribution in [0.3, 0.4) is 0 Å². The predicted molar refractivity (Wildman–Crippen MR) is 59.8 cm³/mol. The van der Waals surface area contributed by atoms with Crippen molar-refractivity contribution in [1.29, 1.82) is 0 Å². The lowest BCUT2D eigenvalue weighted by Crippen LogP contribution is -2.47. The van der Waals surface area contributed by atoms with E-state index in [0.29, 0.717) is 6.42 Å². The third-order valence-corrected chi connectivity index (χ3v) is 2.17. The van der Waals surface area contributed by atoms with E-state index in [1.54, 1.807) is 0 Å².